The summed E-state index contributed by atoms with van der Waals surface area (Å²) in [6.45, 7) is 9.54. The van der Waals surface area contributed by atoms with Gasteiger partial charge < -0.3 is 0 Å². The van der Waals surface area contributed by atoms with Crippen LogP contribution in [-0.2, 0) is 10.8 Å². The fraction of sp³-hybridized carbons (Fsp3) is 0.0545. The van der Waals surface area contributed by atoms with Crippen LogP contribution in [0.15, 0.2) is 388 Å². The third-order valence-electron chi connectivity index (χ3n) is 24.5. The van der Waals surface area contributed by atoms with Gasteiger partial charge in [-0.2, -0.15) is 0 Å². The molecule has 516 valence electrons. The van der Waals surface area contributed by atoms with E-state index in [4.69, 9.17) is 0 Å². The lowest BCUT2D eigenvalue weighted by atomic mass is 9.80. The predicted octanol–water partition coefficient (Wildman–Crippen LogP) is 30.5. The molecule has 110 heavy (non-hydrogen) atoms. The van der Waals surface area contributed by atoms with Gasteiger partial charge in [0.15, 0.2) is 0 Å². The van der Waals surface area contributed by atoms with E-state index in [0.29, 0.717) is 0 Å². The Morgan fingerprint density at radius 2 is 0.445 bits per heavy atom. The molecule has 2 aliphatic rings. The van der Waals surface area contributed by atoms with Gasteiger partial charge in [-0.25, -0.2) is 0 Å². The van der Waals surface area contributed by atoms with Crippen molar-refractivity contribution in [1.82, 2.24) is 0 Å². The molecule has 0 unspecified atom stereocenters. The highest BCUT2D eigenvalue weighted by molar-refractivity contribution is 6.24. The molecule has 0 aliphatic heterocycles. The fourth-order valence-electron chi connectivity index (χ4n) is 19.5. The largest absolute Gasteiger partial charge is 0.0616 e. The lowest BCUT2D eigenvalue weighted by molar-refractivity contribution is 0.666. The van der Waals surface area contributed by atoms with Crippen molar-refractivity contribution in [2.75, 3.05) is 0 Å². The molecular weight excluding hydrogens is 1320 g/mol. The van der Waals surface area contributed by atoms with E-state index in [2.05, 4.69) is 416 Å². The molecule has 20 aromatic carbocycles. The van der Waals surface area contributed by atoms with E-state index < -0.39 is 0 Å². The van der Waals surface area contributed by atoms with Crippen molar-refractivity contribution < 1.29 is 0 Å². The van der Waals surface area contributed by atoms with Crippen LogP contribution < -0.4 is 0 Å². The van der Waals surface area contributed by atoms with Crippen molar-refractivity contribution in [3.63, 3.8) is 0 Å². The normalized spacial score (nSPS) is 13.1. The predicted molar refractivity (Wildman–Crippen MR) is 472 cm³/mol. The molecule has 0 aromatic heterocycles. The molecule has 2 aliphatic carbocycles. The van der Waals surface area contributed by atoms with E-state index in [1.54, 1.807) is 0 Å². The maximum atomic E-state index is 2.39. The van der Waals surface area contributed by atoms with E-state index in [1.165, 1.54) is 220 Å². The van der Waals surface area contributed by atoms with E-state index in [1.807, 2.05) is 0 Å². The highest BCUT2D eigenvalue weighted by Gasteiger charge is 2.40. The summed E-state index contributed by atoms with van der Waals surface area (Å²) in [6, 6.07) is 144. The van der Waals surface area contributed by atoms with Crippen LogP contribution in [0.3, 0.4) is 0 Å². The van der Waals surface area contributed by atoms with Gasteiger partial charge in [-0.1, -0.05) is 404 Å². The zero-order valence-electron chi connectivity index (χ0n) is 62.0. The fourth-order valence-corrected chi connectivity index (χ4v) is 19.5. The number of rotatable bonds is 8. The zero-order chi connectivity index (χ0) is 73.3. The van der Waals surface area contributed by atoms with Gasteiger partial charge in [-0.15, -0.1) is 0 Å². The summed E-state index contributed by atoms with van der Waals surface area (Å²) in [7, 11) is 0. The molecule has 0 radical (unpaired) electrons. The van der Waals surface area contributed by atoms with Crippen molar-refractivity contribution in [3.8, 4) is 111 Å². The van der Waals surface area contributed by atoms with Crippen LogP contribution in [0, 0.1) is 0 Å². The van der Waals surface area contributed by atoms with Gasteiger partial charge in [0.1, 0.15) is 0 Å². The van der Waals surface area contributed by atoms with Gasteiger partial charge in [0, 0.05) is 10.8 Å². The van der Waals surface area contributed by atoms with Crippen LogP contribution >= 0.6 is 0 Å². The minimum Gasteiger partial charge on any atom is -0.0616 e. The SMILES string of the molecule is CC1(C)c2cccc(-c3ccc(-c4c5ccccc5c(-c5cccc(-c6cccc7ccccc67)c5)c5ccccc45)cc3)c2-c2ccc3ccccc3c21.CC1(C)c2cccc(-c3ccc(-c4c5ccccc5c(-c5ccccc5-c5ccc6ccccc6c5)c5ccccc45)cc3)c2-c2ccc3ccccc3c21. The molecule has 0 atom stereocenters. The van der Waals surface area contributed by atoms with Crippen LogP contribution in [0.4, 0.5) is 0 Å². The Hall–Kier alpha value is -13.5. The van der Waals surface area contributed by atoms with Crippen LogP contribution in [-0.4, -0.2) is 0 Å². The highest BCUT2D eigenvalue weighted by Crippen LogP contribution is 2.57. The summed E-state index contributed by atoms with van der Waals surface area (Å²) < 4.78 is 0. The molecule has 0 heterocycles. The van der Waals surface area contributed by atoms with Crippen LogP contribution in [0.2, 0.25) is 0 Å². The van der Waals surface area contributed by atoms with Gasteiger partial charge in [-0.05, 0) is 232 Å². The molecule has 22 rings (SSSR count). The first-order chi connectivity index (χ1) is 54.1. The van der Waals surface area contributed by atoms with Crippen molar-refractivity contribution in [2.24, 2.45) is 0 Å². The first kappa shape index (κ1) is 64.8. The molecule has 0 saturated carbocycles. The van der Waals surface area contributed by atoms with Crippen molar-refractivity contribution in [2.45, 2.75) is 38.5 Å². The summed E-state index contributed by atoms with van der Waals surface area (Å²) in [4.78, 5) is 0. The van der Waals surface area contributed by atoms with Crippen molar-refractivity contribution in [1.29, 1.82) is 0 Å². The zero-order valence-corrected chi connectivity index (χ0v) is 62.0. The molecule has 0 bridgehead atoms. The average molecular weight is 1400 g/mol. The third kappa shape index (κ3) is 10.2. The van der Waals surface area contributed by atoms with Gasteiger partial charge in [-0.3, -0.25) is 0 Å². The van der Waals surface area contributed by atoms with E-state index >= 15 is 0 Å². The minimum absolute atomic E-state index is 0.0878. The summed E-state index contributed by atoms with van der Waals surface area (Å²) in [5, 5.41) is 20.5. The second-order valence-electron chi connectivity index (χ2n) is 31.2. The van der Waals surface area contributed by atoms with Crippen molar-refractivity contribution in [3.05, 3.63) is 411 Å². The first-order valence-electron chi connectivity index (χ1n) is 38.7. The molecule has 0 N–H and O–H groups in total. The Bertz CT molecular complexity index is 7060. The Labute approximate surface area is 642 Å². The Balaban J connectivity index is 0.000000140. The number of hydrogen-bond donors (Lipinski definition) is 0. The lowest BCUT2D eigenvalue weighted by Gasteiger charge is -2.23. The van der Waals surface area contributed by atoms with Crippen LogP contribution in [0.5, 0.6) is 0 Å². The van der Waals surface area contributed by atoms with Crippen molar-refractivity contribution >= 4 is 86.2 Å². The molecule has 20 aromatic rings. The second-order valence-corrected chi connectivity index (χ2v) is 31.2. The molecule has 0 fully saturated rings. The maximum absolute atomic E-state index is 2.39. The maximum Gasteiger partial charge on any atom is 0.0165 e. The van der Waals surface area contributed by atoms with Gasteiger partial charge in [0.25, 0.3) is 0 Å². The molecule has 0 amide bonds. The van der Waals surface area contributed by atoms with Gasteiger partial charge in [0.05, 0.1) is 0 Å². The van der Waals surface area contributed by atoms with Crippen LogP contribution in [0.1, 0.15) is 49.9 Å². The molecule has 0 heteroatoms. The number of benzene rings is 20. The third-order valence-corrected chi connectivity index (χ3v) is 24.5. The standard InChI is InChI=1S/2C55H38/c1-55(2)50-27-13-26-43(53(50)49-33-32-36-15-4-6-20-44(36)54(49)55)37-28-30-38(31-29-37)51-45-21-7-9-23-47(45)52(48-24-10-8-22-46(48)51)40-18-11-17-39(34-40)42-25-12-16-35-14-3-5-19-41(35)42;1-55(2)50-25-13-24-42(53(50)49-33-32-36-15-5-6-18-43(36)54(49)55)37-27-29-38(30-28-37)51-45-20-9-11-22-47(45)52(48-23-12-10-21-46(48)51)44-19-8-7-17-41(44)40-31-26-35-14-3-4-16-39(35)34-40/h2*3-34H,1-2H3. The van der Waals surface area contributed by atoms with Gasteiger partial charge >= 0.3 is 0 Å². The van der Waals surface area contributed by atoms with Crippen LogP contribution in [0.25, 0.3) is 197 Å². The summed E-state index contributed by atoms with van der Waals surface area (Å²) in [5.74, 6) is 0. The second kappa shape index (κ2) is 25.6. The van der Waals surface area contributed by atoms with E-state index in [9.17, 15) is 0 Å². The Morgan fingerprint density at radius 3 is 0.927 bits per heavy atom. The van der Waals surface area contributed by atoms with E-state index in [-0.39, 0.29) is 10.8 Å². The minimum atomic E-state index is -0.0893. The molecular formula is C110H76. The Kier molecular flexibility index (Phi) is 15.1. The summed E-state index contributed by atoms with van der Waals surface area (Å²) >= 11 is 0. The molecule has 0 nitrogen and oxygen atoms in total. The first-order valence-corrected chi connectivity index (χ1v) is 38.7. The number of hydrogen-bond acceptors (Lipinski definition) is 0. The topological polar surface area (TPSA) is 0 Å². The average Bonchev–Trinajstić information content (AvgIpc) is 1.48. The quantitative estimate of drug-likeness (QED) is 0.133. The monoisotopic (exact) mass is 1400 g/mol. The molecule has 0 saturated heterocycles. The number of fused-ring (bicyclic) bond motifs is 16. The lowest BCUT2D eigenvalue weighted by Crippen LogP contribution is -2.15. The smallest absolute Gasteiger partial charge is 0.0165 e. The Morgan fingerprint density at radius 1 is 0.145 bits per heavy atom. The summed E-state index contributed by atoms with van der Waals surface area (Å²) in [6.07, 6.45) is 0. The van der Waals surface area contributed by atoms with Gasteiger partial charge in [0.2, 0.25) is 0 Å². The summed E-state index contributed by atoms with van der Waals surface area (Å²) in [5.41, 5.74) is 31.0. The van der Waals surface area contributed by atoms with E-state index in [0.717, 1.165) is 0 Å². The molecule has 0 spiro atoms. The highest BCUT2D eigenvalue weighted by atomic mass is 14.4.